The lowest BCUT2D eigenvalue weighted by Gasteiger charge is -2.17. The van der Waals surface area contributed by atoms with Gasteiger partial charge in [0, 0.05) is 27.9 Å². The van der Waals surface area contributed by atoms with Gasteiger partial charge in [-0.2, -0.15) is 0 Å². The third kappa shape index (κ3) is 3.02. The Morgan fingerprint density at radius 3 is 2.33 bits per heavy atom. The monoisotopic (exact) mass is 350 g/mol. The Morgan fingerprint density at radius 1 is 1.14 bits per heavy atom. The predicted molar refractivity (Wildman–Crippen MR) is 80.4 cm³/mol. The van der Waals surface area contributed by atoms with E-state index in [1.54, 1.807) is 18.2 Å². The number of hydrogen-bond acceptors (Lipinski definition) is 4. The fourth-order valence-electron chi connectivity index (χ4n) is 2.72. The number of ketones is 4. The number of Topliss-reactive ketones (excluding diaryl/α,β-unsaturated/α-hetero) is 4. The van der Waals surface area contributed by atoms with Crippen LogP contribution in [0.15, 0.2) is 22.7 Å². The van der Waals surface area contributed by atoms with Crippen LogP contribution in [0.25, 0.3) is 0 Å². The lowest BCUT2D eigenvalue weighted by atomic mass is 9.82. The Hall–Kier alpha value is -1.62. The molecule has 1 aromatic carbocycles. The molecule has 0 saturated heterocycles. The van der Waals surface area contributed by atoms with Crippen molar-refractivity contribution >= 4 is 39.1 Å². The van der Waals surface area contributed by atoms with Crippen LogP contribution in [-0.2, 0) is 9.59 Å². The molecule has 0 bridgehead atoms. The second kappa shape index (κ2) is 6.02. The summed E-state index contributed by atoms with van der Waals surface area (Å²) in [6, 6.07) is 4.91. The number of carbonyl (C=O) groups is 4. The van der Waals surface area contributed by atoms with Gasteiger partial charge in [0.05, 0.1) is 5.92 Å². The highest BCUT2D eigenvalue weighted by Gasteiger charge is 2.44. The molecule has 0 fully saturated rings. The molecule has 21 heavy (non-hydrogen) atoms. The lowest BCUT2D eigenvalue weighted by molar-refractivity contribution is -0.122. The van der Waals surface area contributed by atoms with Gasteiger partial charge in [0.1, 0.15) is 11.6 Å². The number of halogens is 1. The second-order valence-corrected chi connectivity index (χ2v) is 6.27. The zero-order valence-electron chi connectivity index (χ0n) is 11.8. The van der Waals surface area contributed by atoms with Crippen LogP contribution in [0.5, 0.6) is 0 Å². The summed E-state index contributed by atoms with van der Waals surface area (Å²) in [5, 5.41) is 0. The molecule has 0 N–H and O–H groups in total. The van der Waals surface area contributed by atoms with E-state index in [4.69, 9.17) is 0 Å². The van der Waals surface area contributed by atoms with Gasteiger partial charge in [-0.1, -0.05) is 15.9 Å². The molecule has 110 valence electrons. The van der Waals surface area contributed by atoms with Gasteiger partial charge in [-0.05, 0) is 38.5 Å². The van der Waals surface area contributed by atoms with Gasteiger partial charge in [0.2, 0.25) is 0 Å². The molecule has 0 aliphatic heterocycles. The molecule has 1 aliphatic carbocycles. The quantitative estimate of drug-likeness (QED) is 0.765. The molecule has 2 atom stereocenters. The summed E-state index contributed by atoms with van der Waals surface area (Å²) < 4.78 is 0.714. The Kier molecular flexibility index (Phi) is 4.52. The minimum Gasteiger partial charge on any atom is -0.300 e. The molecule has 0 aromatic heterocycles. The van der Waals surface area contributed by atoms with Crippen LogP contribution in [-0.4, -0.2) is 23.1 Å². The Balaban J connectivity index is 2.36. The van der Waals surface area contributed by atoms with Crippen LogP contribution in [0.1, 0.15) is 47.4 Å². The fourth-order valence-corrected chi connectivity index (χ4v) is 3.08. The largest absolute Gasteiger partial charge is 0.300 e. The van der Waals surface area contributed by atoms with Crippen LogP contribution in [0.2, 0.25) is 0 Å². The SMILES string of the molecule is CC(=O)CCC(C(C)=O)C1C(=O)c2ccc(Br)cc2C1=O. The van der Waals surface area contributed by atoms with Crippen LogP contribution in [0, 0.1) is 11.8 Å². The molecule has 0 spiro atoms. The third-order valence-corrected chi connectivity index (χ3v) is 4.30. The third-order valence-electron chi connectivity index (χ3n) is 3.81. The summed E-state index contributed by atoms with van der Waals surface area (Å²) in [5.41, 5.74) is 0.718. The van der Waals surface area contributed by atoms with E-state index in [-0.39, 0.29) is 36.0 Å². The summed E-state index contributed by atoms with van der Waals surface area (Å²) >= 11 is 3.27. The van der Waals surface area contributed by atoms with E-state index < -0.39 is 11.8 Å². The zero-order chi connectivity index (χ0) is 15.7. The number of rotatable bonds is 5. The van der Waals surface area contributed by atoms with Gasteiger partial charge in [-0.15, -0.1) is 0 Å². The maximum atomic E-state index is 12.5. The zero-order valence-corrected chi connectivity index (χ0v) is 13.4. The van der Waals surface area contributed by atoms with Crippen LogP contribution in [0.3, 0.4) is 0 Å². The first-order chi connectivity index (χ1) is 9.82. The maximum absolute atomic E-state index is 12.5. The van der Waals surface area contributed by atoms with Crippen LogP contribution < -0.4 is 0 Å². The number of hydrogen-bond donors (Lipinski definition) is 0. The summed E-state index contributed by atoms with van der Waals surface area (Å²) in [4.78, 5) is 47.9. The minimum absolute atomic E-state index is 0.0561. The number of fused-ring (bicyclic) bond motifs is 1. The maximum Gasteiger partial charge on any atom is 0.175 e. The number of carbonyl (C=O) groups excluding carboxylic acids is 4. The van der Waals surface area contributed by atoms with Crippen molar-refractivity contribution in [2.24, 2.45) is 11.8 Å². The highest BCUT2D eigenvalue weighted by atomic mass is 79.9. The van der Waals surface area contributed by atoms with E-state index >= 15 is 0 Å². The summed E-state index contributed by atoms with van der Waals surface area (Å²) in [7, 11) is 0. The van der Waals surface area contributed by atoms with E-state index in [9.17, 15) is 19.2 Å². The summed E-state index contributed by atoms with van der Waals surface area (Å²) in [6.45, 7) is 2.80. The van der Waals surface area contributed by atoms with Crippen molar-refractivity contribution in [2.75, 3.05) is 0 Å². The van der Waals surface area contributed by atoms with E-state index in [2.05, 4.69) is 15.9 Å². The highest BCUT2D eigenvalue weighted by molar-refractivity contribution is 9.10. The molecule has 0 saturated carbocycles. The van der Waals surface area contributed by atoms with E-state index in [0.717, 1.165) is 0 Å². The second-order valence-electron chi connectivity index (χ2n) is 5.35. The molecule has 2 rings (SSSR count). The normalized spacial score (nSPS) is 18.5. The van der Waals surface area contributed by atoms with Crippen molar-refractivity contribution in [3.8, 4) is 0 Å². The van der Waals surface area contributed by atoms with Crippen molar-refractivity contribution < 1.29 is 19.2 Å². The number of benzene rings is 1. The first kappa shape index (κ1) is 15.8. The topological polar surface area (TPSA) is 68.3 Å². The fraction of sp³-hybridized carbons (Fsp3) is 0.375. The lowest BCUT2D eigenvalue weighted by Crippen LogP contribution is -2.30. The Bertz CT molecular complexity index is 648. The molecule has 0 heterocycles. The molecule has 2 unspecified atom stereocenters. The minimum atomic E-state index is -0.980. The molecule has 0 radical (unpaired) electrons. The van der Waals surface area contributed by atoms with E-state index in [1.165, 1.54) is 13.8 Å². The molecule has 4 nitrogen and oxygen atoms in total. The van der Waals surface area contributed by atoms with Crippen molar-refractivity contribution in [1.82, 2.24) is 0 Å². The van der Waals surface area contributed by atoms with Crippen molar-refractivity contribution in [2.45, 2.75) is 26.7 Å². The van der Waals surface area contributed by atoms with Crippen LogP contribution in [0.4, 0.5) is 0 Å². The average molecular weight is 351 g/mol. The summed E-state index contributed by atoms with van der Waals surface area (Å²) in [6.07, 6.45) is 0.434. The summed E-state index contributed by atoms with van der Waals surface area (Å²) in [5.74, 6) is -2.62. The Labute approximate surface area is 131 Å². The molecule has 0 amide bonds. The van der Waals surface area contributed by atoms with Gasteiger partial charge in [-0.25, -0.2) is 0 Å². The first-order valence-electron chi connectivity index (χ1n) is 6.70. The van der Waals surface area contributed by atoms with Crippen molar-refractivity contribution in [1.29, 1.82) is 0 Å². The van der Waals surface area contributed by atoms with Crippen LogP contribution >= 0.6 is 15.9 Å². The highest BCUT2D eigenvalue weighted by Crippen LogP contribution is 2.35. The Morgan fingerprint density at radius 2 is 1.76 bits per heavy atom. The van der Waals surface area contributed by atoms with E-state index in [0.29, 0.717) is 15.6 Å². The van der Waals surface area contributed by atoms with Gasteiger partial charge < -0.3 is 4.79 Å². The van der Waals surface area contributed by atoms with Gasteiger partial charge in [-0.3, -0.25) is 14.4 Å². The van der Waals surface area contributed by atoms with Gasteiger partial charge in [0.15, 0.2) is 11.6 Å². The van der Waals surface area contributed by atoms with Gasteiger partial charge in [0.25, 0.3) is 0 Å². The van der Waals surface area contributed by atoms with Gasteiger partial charge >= 0.3 is 0 Å². The van der Waals surface area contributed by atoms with Crippen molar-refractivity contribution in [3.05, 3.63) is 33.8 Å². The molecular weight excluding hydrogens is 336 g/mol. The smallest absolute Gasteiger partial charge is 0.175 e. The first-order valence-corrected chi connectivity index (χ1v) is 7.50. The van der Waals surface area contributed by atoms with E-state index in [1.807, 2.05) is 0 Å². The molecule has 1 aliphatic rings. The standard InChI is InChI=1S/C16H15BrO4/c1-8(18)3-5-11(9(2)19)14-15(20)12-6-4-10(17)7-13(12)16(14)21/h4,6-7,11,14H,3,5H2,1-2H3. The predicted octanol–water partition coefficient (Wildman–Crippen LogP) is 3.02. The molecule has 1 aromatic rings. The molecular formula is C16H15BrO4. The molecule has 5 heteroatoms. The van der Waals surface area contributed by atoms with Crippen molar-refractivity contribution in [3.63, 3.8) is 0 Å². The average Bonchev–Trinajstić information content (AvgIpc) is 2.63.